The number of amides is 1. The molecular weight excluding hydrogens is 386 g/mol. The first-order valence-electron chi connectivity index (χ1n) is 9.78. The molecule has 152 valence electrons. The van der Waals surface area contributed by atoms with Crippen molar-refractivity contribution in [2.75, 3.05) is 11.0 Å². The molecule has 6 nitrogen and oxygen atoms in total. The molecule has 1 aliphatic carbocycles. The maximum atomic E-state index is 12.9. The second-order valence-electron chi connectivity index (χ2n) is 7.87. The minimum Gasteiger partial charge on any atom is -0.358 e. The molecule has 3 N–H and O–H groups in total. The number of anilines is 1. The molecule has 0 aliphatic heterocycles. The van der Waals surface area contributed by atoms with Gasteiger partial charge in [-0.05, 0) is 48.4 Å². The molecular formula is C22H25N3O3S. The minimum atomic E-state index is -3.39. The normalized spacial score (nSPS) is 16.4. The van der Waals surface area contributed by atoms with Crippen LogP contribution >= 0.6 is 0 Å². The zero-order valence-electron chi connectivity index (χ0n) is 16.6. The Kier molecular flexibility index (Phi) is 5.08. The number of nitrogens with one attached hydrogen (secondary N) is 3. The maximum absolute atomic E-state index is 12.9. The Hall–Kier alpha value is -2.80. The molecule has 1 heterocycles. The predicted octanol–water partition coefficient (Wildman–Crippen LogP) is 3.59. The second-order valence-corrected chi connectivity index (χ2v) is 9.62. The first-order chi connectivity index (χ1) is 13.8. The molecule has 7 heteroatoms. The van der Waals surface area contributed by atoms with Crippen molar-refractivity contribution in [3.63, 3.8) is 0 Å². The van der Waals surface area contributed by atoms with Gasteiger partial charge in [0.25, 0.3) is 5.91 Å². The van der Waals surface area contributed by atoms with Gasteiger partial charge < -0.3 is 10.3 Å². The van der Waals surface area contributed by atoms with Crippen LogP contribution in [0.4, 0.5) is 5.69 Å². The van der Waals surface area contributed by atoms with Gasteiger partial charge >= 0.3 is 0 Å². The number of aryl methyl sites for hydroxylation is 1. The van der Waals surface area contributed by atoms with Crippen LogP contribution in [0.25, 0.3) is 10.9 Å². The summed E-state index contributed by atoms with van der Waals surface area (Å²) in [4.78, 5) is 16.4. The second kappa shape index (κ2) is 7.55. The molecule has 1 unspecified atom stereocenters. The van der Waals surface area contributed by atoms with E-state index in [-0.39, 0.29) is 12.5 Å². The summed E-state index contributed by atoms with van der Waals surface area (Å²) in [5.41, 5.74) is 5.23. The first-order valence-corrected chi connectivity index (χ1v) is 11.7. The molecule has 0 radical (unpaired) electrons. The Bertz CT molecular complexity index is 1180. The molecule has 1 aliphatic rings. The van der Waals surface area contributed by atoms with E-state index in [1.807, 2.05) is 18.2 Å². The van der Waals surface area contributed by atoms with E-state index >= 15 is 0 Å². The van der Waals surface area contributed by atoms with Crippen LogP contribution in [0.15, 0.2) is 42.5 Å². The molecule has 0 bridgehead atoms. The molecule has 4 rings (SSSR count). The van der Waals surface area contributed by atoms with Crippen LogP contribution in [0.5, 0.6) is 0 Å². The van der Waals surface area contributed by atoms with Gasteiger partial charge in [0.05, 0.1) is 23.0 Å². The summed E-state index contributed by atoms with van der Waals surface area (Å²) in [6.07, 6.45) is 4.31. The zero-order valence-corrected chi connectivity index (χ0v) is 17.4. The summed E-state index contributed by atoms with van der Waals surface area (Å²) in [5.74, 6) is 0.467. The van der Waals surface area contributed by atoms with Gasteiger partial charge in [0.1, 0.15) is 0 Å². The minimum absolute atomic E-state index is 0.184. The Morgan fingerprint density at radius 3 is 2.76 bits per heavy atom. The van der Waals surface area contributed by atoms with Crippen molar-refractivity contribution in [2.24, 2.45) is 5.92 Å². The summed E-state index contributed by atoms with van der Waals surface area (Å²) in [6, 6.07) is 12.9. The fourth-order valence-corrected chi connectivity index (χ4v) is 4.65. The summed E-state index contributed by atoms with van der Waals surface area (Å²) in [5, 5.41) is 4.05. The van der Waals surface area contributed by atoms with Gasteiger partial charge in [-0.3, -0.25) is 9.52 Å². The highest BCUT2D eigenvalue weighted by atomic mass is 32.2. The lowest BCUT2D eigenvalue weighted by molar-refractivity contribution is 0.0952. The lowest BCUT2D eigenvalue weighted by Gasteiger charge is -2.17. The lowest BCUT2D eigenvalue weighted by atomic mass is 9.87. The summed E-state index contributed by atoms with van der Waals surface area (Å²) < 4.78 is 25.6. The number of hydrogen-bond donors (Lipinski definition) is 3. The molecule has 1 aromatic heterocycles. The third kappa shape index (κ3) is 4.15. The third-order valence-corrected chi connectivity index (χ3v) is 6.06. The Morgan fingerprint density at radius 1 is 1.17 bits per heavy atom. The Morgan fingerprint density at radius 2 is 1.97 bits per heavy atom. The number of carbonyl (C=O) groups is 1. The number of fused-ring (bicyclic) bond motifs is 3. The highest BCUT2D eigenvalue weighted by Crippen LogP contribution is 2.33. The molecule has 0 fully saturated rings. The van der Waals surface area contributed by atoms with Crippen molar-refractivity contribution < 1.29 is 13.2 Å². The lowest BCUT2D eigenvalue weighted by Crippen LogP contribution is -2.24. The maximum Gasteiger partial charge on any atom is 0.253 e. The van der Waals surface area contributed by atoms with Crippen molar-refractivity contribution in [1.29, 1.82) is 0 Å². The number of carbonyl (C=O) groups excluding carboxylic acids is 1. The molecule has 0 saturated carbocycles. The van der Waals surface area contributed by atoms with Gasteiger partial charge in [-0.1, -0.05) is 37.3 Å². The third-order valence-electron chi connectivity index (χ3n) is 5.47. The van der Waals surface area contributed by atoms with Gasteiger partial charge in [0.15, 0.2) is 0 Å². The molecule has 2 aromatic carbocycles. The number of rotatable bonds is 5. The molecule has 1 atom stereocenters. The topological polar surface area (TPSA) is 91.1 Å². The van der Waals surface area contributed by atoms with Gasteiger partial charge in [-0.2, -0.15) is 0 Å². The van der Waals surface area contributed by atoms with Gasteiger partial charge in [-0.25, -0.2) is 8.42 Å². The number of para-hydroxylation sites is 2. The zero-order chi connectivity index (χ0) is 20.6. The van der Waals surface area contributed by atoms with Crippen molar-refractivity contribution in [1.82, 2.24) is 10.3 Å². The standard InChI is InChI=1S/C22H25N3O3S/c1-14-10-11-20-18(12-14)16-7-5-8-17(21(16)24-20)22(26)23-13-15-6-3-4-9-19(15)25-29(2,27)28/h3-9,14,24-25H,10-13H2,1-2H3,(H,23,26). The molecule has 29 heavy (non-hydrogen) atoms. The van der Waals surface area contributed by atoms with E-state index in [9.17, 15) is 13.2 Å². The highest BCUT2D eigenvalue weighted by molar-refractivity contribution is 7.92. The number of aromatic nitrogens is 1. The van der Waals surface area contributed by atoms with Crippen molar-refractivity contribution in [2.45, 2.75) is 32.7 Å². The predicted molar refractivity (Wildman–Crippen MR) is 116 cm³/mol. The van der Waals surface area contributed by atoms with E-state index < -0.39 is 10.0 Å². The Labute approximate surface area is 170 Å². The van der Waals surface area contributed by atoms with Crippen molar-refractivity contribution in [3.8, 4) is 0 Å². The van der Waals surface area contributed by atoms with Gasteiger partial charge in [0, 0.05) is 17.6 Å². The number of sulfonamides is 1. The Balaban J connectivity index is 1.58. The average Bonchev–Trinajstić information content (AvgIpc) is 3.04. The van der Waals surface area contributed by atoms with Gasteiger partial charge in [0.2, 0.25) is 10.0 Å². The van der Waals surface area contributed by atoms with Crippen molar-refractivity contribution in [3.05, 3.63) is 64.8 Å². The van der Waals surface area contributed by atoms with E-state index in [0.29, 0.717) is 22.7 Å². The van der Waals surface area contributed by atoms with Gasteiger partial charge in [-0.15, -0.1) is 0 Å². The highest BCUT2D eigenvalue weighted by Gasteiger charge is 2.22. The quantitative estimate of drug-likeness (QED) is 0.599. The van der Waals surface area contributed by atoms with E-state index in [4.69, 9.17) is 0 Å². The number of hydrogen-bond acceptors (Lipinski definition) is 3. The molecule has 3 aromatic rings. The monoisotopic (exact) mass is 411 g/mol. The molecule has 0 spiro atoms. The van der Waals surface area contributed by atoms with Crippen LogP contribution in [0.1, 0.15) is 40.5 Å². The van der Waals surface area contributed by atoms with E-state index in [1.165, 1.54) is 11.3 Å². The van der Waals surface area contributed by atoms with Crippen molar-refractivity contribution >= 4 is 32.5 Å². The molecule has 0 saturated heterocycles. The van der Waals surface area contributed by atoms with E-state index in [1.54, 1.807) is 18.2 Å². The van der Waals surface area contributed by atoms with E-state index in [0.717, 1.165) is 36.4 Å². The fourth-order valence-electron chi connectivity index (χ4n) is 4.05. The summed E-state index contributed by atoms with van der Waals surface area (Å²) in [7, 11) is -3.39. The summed E-state index contributed by atoms with van der Waals surface area (Å²) >= 11 is 0. The number of H-pyrrole nitrogens is 1. The SMILES string of the molecule is CC1CCc2[nH]c3c(C(=O)NCc4ccccc4NS(C)(=O)=O)cccc3c2C1. The van der Waals surface area contributed by atoms with Crippen LogP contribution in [-0.4, -0.2) is 25.6 Å². The average molecular weight is 412 g/mol. The first kappa shape index (κ1) is 19.5. The van der Waals surface area contributed by atoms with Crippen LogP contribution in [0, 0.1) is 5.92 Å². The largest absolute Gasteiger partial charge is 0.358 e. The van der Waals surface area contributed by atoms with Crippen LogP contribution in [0.2, 0.25) is 0 Å². The summed E-state index contributed by atoms with van der Waals surface area (Å²) in [6.45, 7) is 2.49. The molecule has 1 amide bonds. The smallest absolute Gasteiger partial charge is 0.253 e. The van der Waals surface area contributed by atoms with Crippen LogP contribution < -0.4 is 10.0 Å². The fraction of sp³-hybridized carbons (Fsp3) is 0.318. The van der Waals surface area contributed by atoms with E-state index in [2.05, 4.69) is 28.0 Å². The number of aromatic amines is 1. The van der Waals surface area contributed by atoms with Crippen LogP contribution in [0.3, 0.4) is 0 Å². The number of benzene rings is 2. The van der Waals surface area contributed by atoms with Crippen LogP contribution in [-0.2, 0) is 29.4 Å².